The van der Waals surface area contributed by atoms with Crippen LogP contribution in [0.2, 0.25) is 0 Å². The molecular formula is C45H51N7O6S. The normalized spacial score (nSPS) is 17.3. The number of thiophene rings is 1. The first-order valence-corrected chi connectivity index (χ1v) is 21.3. The molecule has 2 saturated heterocycles. The number of aryl methyl sites for hydroxylation is 1. The van der Waals surface area contributed by atoms with Crippen molar-refractivity contribution in [2.24, 2.45) is 0 Å². The van der Waals surface area contributed by atoms with Crippen LogP contribution in [0.5, 0.6) is 0 Å². The van der Waals surface area contributed by atoms with Crippen LogP contribution in [0, 0.1) is 6.92 Å². The van der Waals surface area contributed by atoms with E-state index in [2.05, 4.69) is 50.1 Å². The molecule has 2 fully saturated rings. The van der Waals surface area contributed by atoms with Gasteiger partial charge in [0.15, 0.2) is 0 Å². The predicted octanol–water partition coefficient (Wildman–Crippen LogP) is 6.07. The van der Waals surface area contributed by atoms with E-state index in [1.807, 2.05) is 50.2 Å². The van der Waals surface area contributed by atoms with Crippen LogP contribution >= 0.6 is 11.3 Å². The molecule has 7 rings (SSSR count). The van der Waals surface area contributed by atoms with Crippen molar-refractivity contribution in [1.82, 2.24) is 26.2 Å². The maximum absolute atomic E-state index is 13.4. The standard InChI is InChI=1S/C45H51N7O6S/c1-27-10-11-33(50-31-18-21-46-22-19-31)25-36(27)42(55)49-28(2)29-7-6-8-30(23-29)39-16-13-34(59-39)26-48-40(53)9-4-3-5-20-47-32-12-14-35-37(24-32)45(58)52(44(35)57)38-15-17-41(54)51-43(38)56/h6-8,10-14,16,23-25,28,31,38,46-47,50H,3-5,9,15,17-22,26H2,1-2H3,(H,48,53)(H,49,55)(H,51,54,56)/t28-,38?/m1/s1. The molecule has 13 nitrogen and oxygen atoms in total. The minimum atomic E-state index is -0.997. The van der Waals surface area contributed by atoms with Gasteiger partial charge in [-0.25, -0.2) is 0 Å². The number of nitrogens with one attached hydrogen (secondary N) is 6. The summed E-state index contributed by atoms with van der Waals surface area (Å²) >= 11 is 1.63. The van der Waals surface area contributed by atoms with Crippen LogP contribution in [0.4, 0.5) is 11.4 Å². The van der Waals surface area contributed by atoms with Crippen LogP contribution in [-0.2, 0) is 20.9 Å². The molecule has 0 bridgehead atoms. The number of nitrogens with zero attached hydrogens (tertiary/aromatic N) is 1. The van der Waals surface area contributed by atoms with Crippen LogP contribution in [0.15, 0.2) is 72.8 Å². The zero-order chi connectivity index (χ0) is 41.5. The number of piperidine rings is 2. The maximum atomic E-state index is 13.4. The van der Waals surface area contributed by atoms with Crippen LogP contribution in [0.3, 0.4) is 0 Å². The fourth-order valence-electron chi connectivity index (χ4n) is 7.78. The first kappa shape index (κ1) is 41.3. The number of fused-ring (bicyclic) bond motifs is 1. The maximum Gasteiger partial charge on any atom is 0.262 e. The Bertz CT molecular complexity index is 2250. The second kappa shape index (κ2) is 18.8. The number of anilines is 2. The Kier molecular flexibility index (Phi) is 13.2. The molecule has 6 N–H and O–H groups in total. The molecule has 3 aliphatic rings. The van der Waals surface area contributed by atoms with E-state index in [4.69, 9.17) is 0 Å². The number of amides is 6. The number of benzene rings is 3. The smallest absolute Gasteiger partial charge is 0.262 e. The predicted molar refractivity (Wildman–Crippen MR) is 228 cm³/mol. The van der Waals surface area contributed by atoms with Gasteiger partial charge >= 0.3 is 0 Å². The highest BCUT2D eigenvalue weighted by Gasteiger charge is 2.44. The molecule has 4 aromatic rings. The molecule has 3 aliphatic heterocycles. The van der Waals surface area contributed by atoms with Gasteiger partial charge in [-0.15, -0.1) is 11.3 Å². The van der Waals surface area contributed by atoms with E-state index in [0.29, 0.717) is 36.8 Å². The summed E-state index contributed by atoms with van der Waals surface area (Å²) in [6.45, 7) is 7.02. The van der Waals surface area contributed by atoms with Crippen LogP contribution in [0.1, 0.15) is 111 Å². The summed E-state index contributed by atoms with van der Waals surface area (Å²) in [6.07, 6.45) is 5.06. The summed E-state index contributed by atoms with van der Waals surface area (Å²) in [5.41, 5.74) is 5.79. The first-order chi connectivity index (χ1) is 28.5. The summed E-state index contributed by atoms with van der Waals surface area (Å²) < 4.78 is 0. The Labute approximate surface area is 348 Å². The topological polar surface area (TPSA) is 178 Å². The molecule has 0 saturated carbocycles. The van der Waals surface area contributed by atoms with Crippen molar-refractivity contribution in [3.63, 3.8) is 0 Å². The molecular weight excluding hydrogens is 767 g/mol. The quantitative estimate of drug-likeness (QED) is 0.0579. The highest BCUT2D eigenvalue weighted by Crippen LogP contribution is 2.32. The van der Waals surface area contributed by atoms with Gasteiger partial charge in [0.05, 0.1) is 23.7 Å². The van der Waals surface area contributed by atoms with E-state index in [9.17, 15) is 28.8 Å². The highest BCUT2D eigenvalue weighted by atomic mass is 32.1. The van der Waals surface area contributed by atoms with E-state index in [1.165, 1.54) is 0 Å². The summed E-state index contributed by atoms with van der Waals surface area (Å²) in [5.74, 6) is -2.23. The minimum absolute atomic E-state index is 0.00955. The number of hydrogen-bond acceptors (Lipinski definition) is 10. The van der Waals surface area contributed by atoms with Gasteiger partial charge < -0.3 is 26.6 Å². The summed E-state index contributed by atoms with van der Waals surface area (Å²) in [7, 11) is 0. The second-order valence-electron chi connectivity index (χ2n) is 15.5. The lowest BCUT2D eigenvalue weighted by Gasteiger charge is -2.27. The van der Waals surface area contributed by atoms with E-state index in [-0.39, 0.29) is 41.8 Å². The summed E-state index contributed by atoms with van der Waals surface area (Å²) in [6, 6.07) is 22.4. The van der Waals surface area contributed by atoms with Crippen LogP contribution in [-0.4, -0.2) is 72.1 Å². The third-order valence-electron chi connectivity index (χ3n) is 11.2. The van der Waals surface area contributed by atoms with E-state index in [1.54, 1.807) is 29.5 Å². The third kappa shape index (κ3) is 10.1. The van der Waals surface area contributed by atoms with Crippen molar-refractivity contribution in [2.45, 2.75) is 89.9 Å². The van der Waals surface area contributed by atoms with Crippen molar-refractivity contribution in [3.8, 4) is 10.4 Å². The molecule has 2 atom stereocenters. The molecule has 1 unspecified atom stereocenters. The molecule has 6 amide bonds. The van der Waals surface area contributed by atoms with Gasteiger partial charge in [-0.2, -0.15) is 0 Å². The fraction of sp³-hybridized carbons (Fsp3) is 0.378. The van der Waals surface area contributed by atoms with Gasteiger partial charge in [-0.3, -0.25) is 39.0 Å². The molecule has 0 radical (unpaired) electrons. The molecule has 308 valence electrons. The summed E-state index contributed by atoms with van der Waals surface area (Å²) in [4.78, 5) is 79.1. The van der Waals surface area contributed by atoms with Crippen molar-refractivity contribution < 1.29 is 28.8 Å². The second-order valence-corrected chi connectivity index (χ2v) is 16.7. The van der Waals surface area contributed by atoms with Gasteiger partial charge in [0.1, 0.15) is 6.04 Å². The summed E-state index contributed by atoms with van der Waals surface area (Å²) in [5, 5.41) is 18.7. The Morgan fingerprint density at radius 1 is 0.864 bits per heavy atom. The van der Waals surface area contributed by atoms with Crippen LogP contribution in [0.25, 0.3) is 10.4 Å². The average Bonchev–Trinajstić information content (AvgIpc) is 3.81. The molecule has 0 aliphatic carbocycles. The van der Waals surface area contributed by atoms with Gasteiger partial charge in [0, 0.05) is 52.1 Å². The lowest BCUT2D eigenvalue weighted by Crippen LogP contribution is -2.54. The van der Waals surface area contributed by atoms with Gasteiger partial charge in [-0.05, 0) is 124 Å². The Morgan fingerprint density at radius 3 is 2.47 bits per heavy atom. The molecule has 59 heavy (non-hydrogen) atoms. The zero-order valence-corrected chi connectivity index (χ0v) is 34.3. The van der Waals surface area contributed by atoms with E-state index < -0.39 is 29.7 Å². The Hall–Kier alpha value is -5.86. The van der Waals surface area contributed by atoms with Gasteiger partial charge in [0.25, 0.3) is 17.7 Å². The molecule has 1 aromatic heterocycles. The average molecular weight is 818 g/mol. The largest absolute Gasteiger partial charge is 0.385 e. The van der Waals surface area contributed by atoms with Gasteiger partial charge in [0.2, 0.25) is 17.7 Å². The number of unbranched alkanes of at least 4 members (excludes halogenated alkanes) is 2. The zero-order valence-electron chi connectivity index (χ0n) is 33.5. The van der Waals surface area contributed by atoms with E-state index in [0.717, 1.165) is 82.2 Å². The number of rotatable bonds is 16. The Morgan fingerprint density at radius 2 is 1.66 bits per heavy atom. The molecule has 14 heteroatoms. The number of hydrogen-bond donors (Lipinski definition) is 6. The monoisotopic (exact) mass is 817 g/mol. The van der Waals surface area contributed by atoms with Crippen LogP contribution < -0.4 is 31.9 Å². The molecule has 3 aromatic carbocycles. The SMILES string of the molecule is Cc1ccc(NC2CCNCC2)cc1C(=O)N[C@H](C)c1cccc(-c2ccc(CNC(=O)CCCCCNc3ccc4c(c3)C(=O)N(C3CCC(=O)NC3=O)C4=O)s2)c1. The number of carbonyl (C=O) groups is 6. The number of carbonyl (C=O) groups excluding carboxylic acids is 6. The van der Waals surface area contributed by atoms with Crippen molar-refractivity contribution in [2.75, 3.05) is 30.3 Å². The van der Waals surface area contributed by atoms with E-state index >= 15 is 0 Å². The van der Waals surface area contributed by atoms with Crippen molar-refractivity contribution >= 4 is 58.2 Å². The lowest BCUT2D eigenvalue weighted by atomic mass is 10.0. The highest BCUT2D eigenvalue weighted by molar-refractivity contribution is 7.15. The first-order valence-electron chi connectivity index (χ1n) is 20.5. The fourth-order valence-corrected chi connectivity index (χ4v) is 8.72. The molecule has 0 spiro atoms. The lowest BCUT2D eigenvalue weighted by molar-refractivity contribution is -0.136. The Balaban J connectivity index is 0.820. The minimum Gasteiger partial charge on any atom is -0.385 e. The van der Waals surface area contributed by atoms with Gasteiger partial charge in [-0.1, -0.05) is 30.7 Å². The number of imide groups is 2. The van der Waals surface area contributed by atoms with Crippen molar-refractivity contribution in [3.05, 3.63) is 105 Å². The molecule has 4 heterocycles. The van der Waals surface area contributed by atoms with Crippen molar-refractivity contribution in [1.29, 1.82) is 0 Å². The third-order valence-corrected chi connectivity index (χ3v) is 12.3.